The van der Waals surface area contributed by atoms with E-state index in [1.807, 2.05) is 6.92 Å². The molecular weight excluding hydrogens is 250 g/mol. The minimum absolute atomic E-state index is 0.0553. The monoisotopic (exact) mass is 265 g/mol. The Labute approximate surface area is 106 Å². The lowest BCUT2D eigenvalue weighted by Crippen LogP contribution is -2.09. The molecule has 0 radical (unpaired) electrons. The van der Waals surface area contributed by atoms with Crippen LogP contribution in [0.25, 0.3) is 5.69 Å². The highest BCUT2D eigenvalue weighted by molar-refractivity contribution is 7.91. The van der Waals surface area contributed by atoms with Crippen molar-refractivity contribution in [2.75, 3.05) is 11.5 Å². The van der Waals surface area contributed by atoms with Gasteiger partial charge in [-0.05, 0) is 19.1 Å². The Morgan fingerprint density at radius 3 is 2.56 bits per heavy atom. The van der Waals surface area contributed by atoms with Crippen molar-refractivity contribution in [2.24, 2.45) is 0 Å². The molecule has 0 spiro atoms. The van der Waals surface area contributed by atoms with E-state index < -0.39 is 9.84 Å². The van der Waals surface area contributed by atoms with Crippen LogP contribution in [0.3, 0.4) is 0 Å². The fourth-order valence-electron chi connectivity index (χ4n) is 1.66. The van der Waals surface area contributed by atoms with Crippen LogP contribution in [-0.2, 0) is 9.84 Å². The summed E-state index contributed by atoms with van der Waals surface area (Å²) in [7, 11) is -3.28. The van der Waals surface area contributed by atoms with Crippen LogP contribution in [0, 0.1) is 6.92 Å². The molecule has 0 aliphatic heterocycles. The molecule has 5 nitrogen and oxygen atoms in total. The minimum atomic E-state index is -3.28. The number of sulfone groups is 1. The SMILES string of the molecule is CCS(=O)(=O)c1ccccc1-n1cc(C)c(N)n1. The Kier molecular flexibility index (Phi) is 3.13. The van der Waals surface area contributed by atoms with E-state index >= 15 is 0 Å². The fourth-order valence-corrected chi connectivity index (χ4v) is 2.74. The topological polar surface area (TPSA) is 78.0 Å². The molecule has 0 bridgehead atoms. The van der Waals surface area contributed by atoms with E-state index in [2.05, 4.69) is 5.10 Å². The highest BCUT2D eigenvalue weighted by Gasteiger charge is 2.18. The third-order valence-corrected chi connectivity index (χ3v) is 4.54. The molecule has 96 valence electrons. The van der Waals surface area contributed by atoms with Gasteiger partial charge >= 0.3 is 0 Å². The molecular formula is C12H15N3O2S. The van der Waals surface area contributed by atoms with Crippen molar-refractivity contribution in [2.45, 2.75) is 18.7 Å². The Morgan fingerprint density at radius 1 is 1.33 bits per heavy atom. The van der Waals surface area contributed by atoms with Gasteiger partial charge in [0.2, 0.25) is 0 Å². The molecule has 6 heteroatoms. The van der Waals surface area contributed by atoms with Gasteiger partial charge in [0, 0.05) is 11.8 Å². The van der Waals surface area contributed by atoms with Gasteiger partial charge < -0.3 is 5.73 Å². The third-order valence-electron chi connectivity index (χ3n) is 2.76. The zero-order chi connectivity index (χ0) is 13.3. The van der Waals surface area contributed by atoms with Gasteiger partial charge in [0.05, 0.1) is 16.3 Å². The number of hydrogen-bond donors (Lipinski definition) is 1. The number of aryl methyl sites for hydroxylation is 1. The number of nitrogens with zero attached hydrogens (tertiary/aromatic N) is 2. The lowest BCUT2D eigenvalue weighted by Gasteiger charge is -2.08. The van der Waals surface area contributed by atoms with Crippen LogP contribution in [0.15, 0.2) is 35.4 Å². The maximum Gasteiger partial charge on any atom is 0.180 e. The van der Waals surface area contributed by atoms with Gasteiger partial charge in [-0.3, -0.25) is 0 Å². The molecule has 2 rings (SSSR count). The third kappa shape index (κ3) is 2.11. The second-order valence-corrected chi connectivity index (χ2v) is 6.26. The summed E-state index contributed by atoms with van der Waals surface area (Å²) in [6, 6.07) is 6.78. The maximum absolute atomic E-state index is 12.0. The van der Waals surface area contributed by atoms with Crippen LogP contribution < -0.4 is 5.73 Å². The Balaban J connectivity index is 2.66. The summed E-state index contributed by atoms with van der Waals surface area (Å²) in [6.07, 6.45) is 1.72. The molecule has 1 heterocycles. The number of rotatable bonds is 3. The number of para-hydroxylation sites is 1. The average molecular weight is 265 g/mol. The normalized spacial score (nSPS) is 11.7. The van der Waals surface area contributed by atoms with Crippen molar-refractivity contribution in [3.05, 3.63) is 36.0 Å². The number of aromatic nitrogens is 2. The van der Waals surface area contributed by atoms with Crippen molar-refractivity contribution < 1.29 is 8.42 Å². The van der Waals surface area contributed by atoms with Crippen molar-refractivity contribution >= 4 is 15.7 Å². The Morgan fingerprint density at radius 2 is 2.00 bits per heavy atom. The number of benzene rings is 1. The molecule has 1 aromatic carbocycles. The van der Waals surface area contributed by atoms with E-state index in [4.69, 9.17) is 5.73 Å². The summed E-state index contributed by atoms with van der Waals surface area (Å²) in [5.41, 5.74) is 7.03. The smallest absolute Gasteiger partial charge is 0.180 e. The standard InChI is InChI=1S/C12H15N3O2S/c1-3-18(16,17)11-7-5-4-6-10(11)15-8-9(2)12(13)14-15/h4-8H,3H2,1-2H3,(H2,13,14). The van der Waals surface area contributed by atoms with Crippen LogP contribution in [-0.4, -0.2) is 24.0 Å². The molecule has 0 saturated heterocycles. The van der Waals surface area contributed by atoms with Crippen LogP contribution >= 0.6 is 0 Å². The van der Waals surface area contributed by atoms with Gasteiger partial charge in [0.1, 0.15) is 5.82 Å². The lowest BCUT2D eigenvalue weighted by atomic mass is 10.3. The van der Waals surface area contributed by atoms with Gasteiger partial charge in [-0.15, -0.1) is 0 Å². The zero-order valence-corrected chi connectivity index (χ0v) is 11.1. The Hall–Kier alpha value is -1.82. The lowest BCUT2D eigenvalue weighted by molar-refractivity contribution is 0.596. The summed E-state index contributed by atoms with van der Waals surface area (Å²) in [5, 5.41) is 4.12. The van der Waals surface area contributed by atoms with E-state index in [9.17, 15) is 8.42 Å². The van der Waals surface area contributed by atoms with Crippen LogP contribution in [0.4, 0.5) is 5.82 Å². The van der Waals surface area contributed by atoms with Crippen molar-refractivity contribution in [1.82, 2.24) is 9.78 Å². The van der Waals surface area contributed by atoms with Crippen LogP contribution in [0.1, 0.15) is 12.5 Å². The van der Waals surface area contributed by atoms with Gasteiger partial charge in [0.25, 0.3) is 0 Å². The van der Waals surface area contributed by atoms with Crippen molar-refractivity contribution in [3.8, 4) is 5.69 Å². The Bertz CT molecular complexity index is 655. The summed E-state index contributed by atoms with van der Waals surface area (Å²) >= 11 is 0. The van der Waals surface area contributed by atoms with Gasteiger partial charge in [-0.25, -0.2) is 13.1 Å². The quantitative estimate of drug-likeness (QED) is 0.913. The summed E-state index contributed by atoms with van der Waals surface area (Å²) in [5.74, 6) is 0.457. The van der Waals surface area contributed by atoms with Crippen molar-refractivity contribution in [3.63, 3.8) is 0 Å². The minimum Gasteiger partial charge on any atom is -0.382 e. The maximum atomic E-state index is 12.0. The number of nitrogens with two attached hydrogens (primary N) is 1. The zero-order valence-electron chi connectivity index (χ0n) is 10.3. The van der Waals surface area contributed by atoms with Gasteiger partial charge in [0.15, 0.2) is 9.84 Å². The molecule has 18 heavy (non-hydrogen) atoms. The first-order valence-corrected chi connectivity index (χ1v) is 7.25. The predicted octanol–water partition coefficient (Wildman–Crippen LogP) is 1.56. The molecule has 0 aliphatic carbocycles. The molecule has 2 N–H and O–H groups in total. The second kappa shape index (κ2) is 4.45. The first-order chi connectivity index (χ1) is 8.45. The molecule has 0 saturated carbocycles. The number of anilines is 1. The predicted molar refractivity (Wildman–Crippen MR) is 70.4 cm³/mol. The second-order valence-electron chi connectivity index (χ2n) is 4.01. The summed E-state index contributed by atoms with van der Waals surface area (Å²) in [4.78, 5) is 0.273. The molecule has 1 aromatic heterocycles. The molecule has 0 fully saturated rings. The van der Waals surface area contributed by atoms with Crippen molar-refractivity contribution in [1.29, 1.82) is 0 Å². The van der Waals surface area contributed by atoms with E-state index in [0.29, 0.717) is 11.5 Å². The van der Waals surface area contributed by atoms with E-state index in [1.165, 1.54) is 4.68 Å². The molecule has 0 atom stereocenters. The van der Waals surface area contributed by atoms with E-state index in [1.54, 1.807) is 37.4 Å². The highest BCUT2D eigenvalue weighted by Crippen LogP contribution is 2.22. The molecule has 2 aromatic rings. The molecule has 0 unspecified atom stereocenters. The summed E-state index contributed by atoms with van der Waals surface area (Å²) in [6.45, 7) is 3.45. The van der Waals surface area contributed by atoms with Gasteiger partial charge in [-0.2, -0.15) is 5.10 Å². The molecule has 0 amide bonds. The average Bonchev–Trinajstić information content (AvgIpc) is 2.69. The highest BCUT2D eigenvalue weighted by atomic mass is 32.2. The van der Waals surface area contributed by atoms with Crippen LogP contribution in [0.5, 0.6) is 0 Å². The number of hydrogen-bond acceptors (Lipinski definition) is 4. The first-order valence-electron chi connectivity index (χ1n) is 5.59. The molecule has 0 aliphatic rings. The number of nitrogen functional groups attached to an aromatic ring is 1. The summed E-state index contributed by atoms with van der Waals surface area (Å²) < 4.78 is 25.5. The van der Waals surface area contributed by atoms with Gasteiger partial charge in [-0.1, -0.05) is 19.1 Å². The fraction of sp³-hybridized carbons (Fsp3) is 0.250. The van der Waals surface area contributed by atoms with E-state index in [-0.39, 0.29) is 10.6 Å². The first kappa shape index (κ1) is 12.6. The van der Waals surface area contributed by atoms with Crippen LogP contribution in [0.2, 0.25) is 0 Å². The largest absolute Gasteiger partial charge is 0.382 e. The van der Waals surface area contributed by atoms with E-state index in [0.717, 1.165) is 5.56 Å².